The van der Waals surface area contributed by atoms with Gasteiger partial charge in [-0.05, 0) is 51.8 Å². The summed E-state index contributed by atoms with van der Waals surface area (Å²) in [5.41, 5.74) is 2.03. The van der Waals surface area contributed by atoms with Crippen LogP contribution in [-0.2, 0) is 16.1 Å². The molecule has 2 atom stereocenters. The number of carbonyl (C=O) groups is 1. The molecule has 0 saturated carbocycles. The Kier molecular flexibility index (Phi) is 6.39. The van der Waals surface area contributed by atoms with Crippen molar-refractivity contribution in [2.45, 2.75) is 58.9 Å². The molecule has 0 spiro atoms. The largest absolute Gasteiger partial charge is 0.491 e. The number of amides is 1. The van der Waals surface area contributed by atoms with Gasteiger partial charge in [0.2, 0.25) is 5.91 Å². The molecular formula is C22H31N3O3. The fourth-order valence-corrected chi connectivity index (χ4v) is 3.58. The van der Waals surface area contributed by atoms with Crippen LogP contribution >= 0.6 is 0 Å². The summed E-state index contributed by atoms with van der Waals surface area (Å²) < 4.78 is 13.6. The second-order valence-electron chi connectivity index (χ2n) is 8.04. The molecule has 0 aliphatic carbocycles. The highest BCUT2D eigenvalue weighted by Gasteiger charge is 2.37. The molecule has 1 aromatic heterocycles. The lowest BCUT2D eigenvalue weighted by molar-refractivity contribution is -0.136. The average molecular weight is 386 g/mol. The molecule has 0 N–H and O–H groups in total. The summed E-state index contributed by atoms with van der Waals surface area (Å²) in [5.74, 6) is 0.761. The first-order chi connectivity index (χ1) is 13.3. The van der Waals surface area contributed by atoms with Crippen molar-refractivity contribution in [1.82, 2.24) is 14.7 Å². The molecule has 6 heteroatoms. The standard InChI is InChI=1S/C22H31N3O3/c1-15(2)25-14-18(12-23-25)21-20(9-10-27-21)22(26)24(5)13-17-7-6-8-19(11-17)28-16(3)4/h6-8,11-12,14-16,20-21H,9-10,13H2,1-5H3/t20-,21+/m0/s1. The first-order valence-electron chi connectivity index (χ1n) is 10.0. The fourth-order valence-electron chi connectivity index (χ4n) is 3.58. The zero-order chi connectivity index (χ0) is 20.3. The van der Waals surface area contributed by atoms with E-state index in [1.54, 1.807) is 4.90 Å². The third kappa shape index (κ3) is 4.73. The number of aromatic nitrogens is 2. The Balaban J connectivity index is 1.68. The monoisotopic (exact) mass is 385 g/mol. The van der Waals surface area contributed by atoms with E-state index in [1.165, 1.54) is 0 Å². The van der Waals surface area contributed by atoms with Crippen molar-refractivity contribution in [1.29, 1.82) is 0 Å². The van der Waals surface area contributed by atoms with Gasteiger partial charge in [-0.15, -0.1) is 0 Å². The first-order valence-corrected chi connectivity index (χ1v) is 10.0. The molecule has 0 radical (unpaired) electrons. The number of hydrogen-bond acceptors (Lipinski definition) is 4. The highest BCUT2D eigenvalue weighted by atomic mass is 16.5. The van der Waals surface area contributed by atoms with Crippen LogP contribution in [0.15, 0.2) is 36.7 Å². The van der Waals surface area contributed by atoms with E-state index in [1.807, 2.05) is 62.2 Å². The van der Waals surface area contributed by atoms with Crippen LogP contribution in [-0.4, -0.2) is 40.3 Å². The lowest BCUT2D eigenvalue weighted by atomic mass is 9.95. The molecule has 6 nitrogen and oxygen atoms in total. The summed E-state index contributed by atoms with van der Waals surface area (Å²) in [4.78, 5) is 14.9. The van der Waals surface area contributed by atoms with Crippen molar-refractivity contribution in [3.63, 3.8) is 0 Å². The molecule has 1 aliphatic rings. The predicted octanol–water partition coefficient (Wildman–Crippen LogP) is 3.99. The van der Waals surface area contributed by atoms with Crippen LogP contribution < -0.4 is 4.74 Å². The first kappa shape index (κ1) is 20.4. The van der Waals surface area contributed by atoms with Crippen LogP contribution in [0.5, 0.6) is 5.75 Å². The zero-order valence-electron chi connectivity index (χ0n) is 17.5. The molecule has 3 rings (SSSR count). The molecule has 28 heavy (non-hydrogen) atoms. The molecule has 1 aromatic carbocycles. The highest BCUT2D eigenvalue weighted by molar-refractivity contribution is 5.79. The van der Waals surface area contributed by atoms with Gasteiger partial charge in [0.25, 0.3) is 0 Å². The second-order valence-corrected chi connectivity index (χ2v) is 8.04. The van der Waals surface area contributed by atoms with Crippen molar-refractivity contribution in [2.24, 2.45) is 5.92 Å². The van der Waals surface area contributed by atoms with Crippen molar-refractivity contribution in [2.75, 3.05) is 13.7 Å². The van der Waals surface area contributed by atoms with Gasteiger partial charge in [0, 0.05) is 38.0 Å². The number of carbonyl (C=O) groups excluding carboxylic acids is 1. The van der Waals surface area contributed by atoms with Crippen molar-refractivity contribution in [3.05, 3.63) is 47.8 Å². The summed E-state index contributed by atoms with van der Waals surface area (Å²) in [6.07, 6.45) is 4.45. The Morgan fingerprint density at radius 3 is 2.82 bits per heavy atom. The summed E-state index contributed by atoms with van der Waals surface area (Å²) >= 11 is 0. The Labute approximate surface area is 167 Å². The second kappa shape index (κ2) is 8.78. The van der Waals surface area contributed by atoms with Gasteiger partial charge < -0.3 is 14.4 Å². The average Bonchev–Trinajstić information content (AvgIpc) is 3.30. The molecule has 152 valence electrons. The van der Waals surface area contributed by atoms with Crippen LogP contribution in [0.2, 0.25) is 0 Å². The fraction of sp³-hybridized carbons (Fsp3) is 0.545. The molecule has 1 saturated heterocycles. The molecular weight excluding hydrogens is 354 g/mol. The molecule has 1 aliphatic heterocycles. The summed E-state index contributed by atoms with van der Waals surface area (Å²) in [6, 6.07) is 8.21. The predicted molar refractivity (Wildman–Crippen MR) is 108 cm³/mol. The smallest absolute Gasteiger partial charge is 0.228 e. The van der Waals surface area contributed by atoms with Gasteiger partial charge in [0.05, 0.1) is 24.3 Å². The third-order valence-electron chi connectivity index (χ3n) is 4.95. The van der Waals surface area contributed by atoms with Gasteiger partial charge in [-0.2, -0.15) is 5.10 Å². The van der Waals surface area contributed by atoms with E-state index >= 15 is 0 Å². The molecule has 1 amide bonds. The summed E-state index contributed by atoms with van der Waals surface area (Å²) in [6.45, 7) is 9.32. The van der Waals surface area contributed by atoms with Crippen molar-refractivity contribution in [3.8, 4) is 5.75 Å². The van der Waals surface area contributed by atoms with Crippen LogP contribution in [0, 0.1) is 5.92 Å². The molecule has 2 heterocycles. The minimum atomic E-state index is -0.224. The Bertz CT molecular complexity index is 800. The molecule has 2 aromatic rings. The maximum absolute atomic E-state index is 13.1. The highest BCUT2D eigenvalue weighted by Crippen LogP contribution is 2.36. The number of ether oxygens (including phenoxy) is 2. The van der Waals surface area contributed by atoms with E-state index < -0.39 is 0 Å². The minimum Gasteiger partial charge on any atom is -0.491 e. The Morgan fingerprint density at radius 1 is 1.36 bits per heavy atom. The number of benzene rings is 1. The lowest BCUT2D eigenvalue weighted by Gasteiger charge is -2.24. The summed E-state index contributed by atoms with van der Waals surface area (Å²) in [5, 5.41) is 4.40. The van der Waals surface area contributed by atoms with E-state index in [0.717, 1.165) is 23.3 Å². The maximum Gasteiger partial charge on any atom is 0.228 e. The van der Waals surface area contributed by atoms with E-state index in [2.05, 4.69) is 18.9 Å². The third-order valence-corrected chi connectivity index (χ3v) is 4.95. The Hall–Kier alpha value is -2.34. The maximum atomic E-state index is 13.1. The SMILES string of the molecule is CC(C)Oc1cccc(CN(C)C(=O)[C@H]2CCO[C@@H]2c2cnn(C(C)C)c2)c1. The minimum absolute atomic E-state index is 0.106. The van der Waals surface area contributed by atoms with E-state index in [4.69, 9.17) is 9.47 Å². The van der Waals surface area contributed by atoms with Crippen LogP contribution in [0.1, 0.15) is 57.4 Å². The van der Waals surface area contributed by atoms with Gasteiger partial charge in [-0.1, -0.05) is 12.1 Å². The number of nitrogens with zero attached hydrogens (tertiary/aromatic N) is 3. The summed E-state index contributed by atoms with van der Waals surface area (Å²) in [7, 11) is 1.85. The molecule has 1 fully saturated rings. The van der Waals surface area contributed by atoms with Gasteiger partial charge >= 0.3 is 0 Å². The zero-order valence-corrected chi connectivity index (χ0v) is 17.5. The molecule has 0 bridgehead atoms. The van der Waals surface area contributed by atoms with Gasteiger partial charge in [0.15, 0.2) is 0 Å². The number of rotatable bonds is 7. The van der Waals surface area contributed by atoms with Crippen LogP contribution in [0.4, 0.5) is 0 Å². The van der Waals surface area contributed by atoms with Gasteiger partial charge in [0.1, 0.15) is 5.75 Å². The normalized spacial score (nSPS) is 19.4. The molecule has 0 unspecified atom stereocenters. The van der Waals surface area contributed by atoms with E-state index in [0.29, 0.717) is 13.2 Å². The van der Waals surface area contributed by atoms with E-state index in [9.17, 15) is 4.79 Å². The van der Waals surface area contributed by atoms with E-state index in [-0.39, 0.29) is 30.1 Å². The van der Waals surface area contributed by atoms with Crippen molar-refractivity contribution < 1.29 is 14.3 Å². The van der Waals surface area contributed by atoms with Crippen molar-refractivity contribution >= 4 is 5.91 Å². The van der Waals surface area contributed by atoms with Gasteiger partial charge in [-0.3, -0.25) is 9.48 Å². The topological polar surface area (TPSA) is 56.6 Å². The Morgan fingerprint density at radius 2 is 2.14 bits per heavy atom. The van der Waals surface area contributed by atoms with Crippen LogP contribution in [0.3, 0.4) is 0 Å². The quantitative estimate of drug-likeness (QED) is 0.723. The van der Waals surface area contributed by atoms with Crippen LogP contribution in [0.25, 0.3) is 0 Å². The lowest BCUT2D eigenvalue weighted by Crippen LogP contribution is -2.33. The van der Waals surface area contributed by atoms with Gasteiger partial charge in [-0.25, -0.2) is 0 Å². The number of hydrogen-bond donors (Lipinski definition) is 0.